The first-order valence-corrected chi connectivity index (χ1v) is 9.53. The Morgan fingerprint density at radius 3 is 2.89 bits per heavy atom. The molecule has 1 saturated carbocycles. The Morgan fingerprint density at radius 2 is 2.07 bits per heavy atom. The summed E-state index contributed by atoms with van der Waals surface area (Å²) in [5.41, 5.74) is 0.782. The maximum Gasteiger partial charge on any atom is 0.276 e. The highest BCUT2D eigenvalue weighted by atomic mass is 16.6. The zero-order valence-electron chi connectivity index (χ0n) is 15.3. The van der Waals surface area contributed by atoms with Crippen LogP contribution in [0.15, 0.2) is 30.5 Å². The van der Waals surface area contributed by atoms with Crippen molar-refractivity contribution in [3.8, 4) is 5.69 Å². The van der Waals surface area contributed by atoms with Gasteiger partial charge in [0.2, 0.25) is 0 Å². The summed E-state index contributed by atoms with van der Waals surface area (Å²) in [6.07, 6.45) is 7.24. The van der Waals surface area contributed by atoms with Crippen molar-refractivity contribution < 1.29 is 9.72 Å². The number of nitrogens with zero attached hydrogens (tertiary/aromatic N) is 5. The molecule has 2 aromatic rings. The molecule has 8 heteroatoms. The van der Waals surface area contributed by atoms with Crippen molar-refractivity contribution in [1.82, 2.24) is 19.9 Å². The Labute approximate surface area is 157 Å². The molecule has 1 aromatic carbocycles. The number of likely N-dealkylation sites (tertiary alicyclic amines) is 1. The molecule has 3 atom stereocenters. The second kappa shape index (κ2) is 7.09. The molecule has 0 N–H and O–H groups in total. The van der Waals surface area contributed by atoms with Crippen molar-refractivity contribution in [1.29, 1.82) is 0 Å². The van der Waals surface area contributed by atoms with Crippen LogP contribution in [0.25, 0.3) is 5.69 Å². The minimum Gasteiger partial charge on any atom is -0.334 e. The van der Waals surface area contributed by atoms with Crippen LogP contribution in [-0.2, 0) is 0 Å². The second-order valence-electron chi connectivity index (χ2n) is 7.61. The van der Waals surface area contributed by atoms with Gasteiger partial charge in [0.05, 0.1) is 16.8 Å². The number of hydrogen-bond acceptors (Lipinski definition) is 5. The quantitative estimate of drug-likeness (QED) is 0.611. The Balaban J connectivity index is 1.57. The molecule has 1 aromatic heterocycles. The third-order valence-electron chi connectivity index (χ3n) is 6.02. The number of non-ortho nitro benzene ring substituents is 1. The smallest absolute Gasteiger partial charge is 0.276 e. The van der Waals surface area contributed by atoms with Crippen molar-refractivity contribution in [3.63, 3.8) is 0 Å². The van der Waals surface area contributed by atoms with Crippen LogP contribution < -0.4 is 0 Å². The fourth-order valence-electron chi connectivity index (χ4n) is 4.55. The fraction of sp³-hybridized carbons (Fsp3) is 0.526. The maximum atomic E-state index is 13.1. The molecule has 0 radical (unpaired) electrons. The number of hydrogen-bond donors (Lipinski definition) is 0. The summed E-state index contributed by atoms with van der Waals surface area (Å²) in [5.74, 6) is 1.14. The molecule has 0 bridgehead atoms. The molecule has 142 valence electrons. The highest BCUT2D eigenvalue weighted by Gasteiger charge is 2.40. The molecular formula is C19H23N5O3. The van der Waals surface area contributed by atoms with E-state index in [0.29, 0.717) is 23.2 Å². The van der Waals surface area contributed by atoms with Gasteiger partial charge in [0, 0.05) is 24.7 Å². The van der Waals surface area contributed by atoms with Gasteiger partial charge in [0.15, 0.2) is 5.69 Å². The molecular weight excluding hydrogens is 346 g/mol. The molecule has 2 heterocycles. The van der Waals surface area contributed by atoms with Gasteiger partial charge in [-0.3, -0.25) is 14.9 Å². The minimum atomic E-state index is -0.454. The number of nitro benzene ring substituents is 1. The number of amides is 1. The third-order valence-corrected chi connectivity index (χ3v) is 6.02. The summed E-state index contributed by atoms with van der Waals surface area (Å²) in [4.78, 5) is 25.6. The van der Waals surface area contributed by atoms with E-state index < -0.39 is 4.92 Å². The number of benzene rings is 1. The average molecular weight is 369 g/mol. The maximum absolute atomic E-state index is 13.1. The largest absolute Gasteiger partial charge is 0.334 e. The molecule has 1 aliphatic heterocycles. The molecule has 8 nitrogen and oxygen atoms in total. The van der Waals surface area contributed by atoms with E-state index >= 15 is 0 Å². The van der Waals surface area contributed by atoms with Gasteiger partial charge in [-0.05, 0) is 37.2 Å². The lowest BCUT2D eigenvalue weighted by atomic mass is 9.72. The summed E-state index contributed by atoms with van der Waals surface area (Å²) in [6, 6.07) is 6.43. The Morgan fingerprint density at radius 1 is 1.26 bits per heavy atom. The molecule has 1 saturated heterocycles. The molecule has 4 rings (SSSR count). The lowest BCUT2D eigenvalue weighted by Crippen LogP contribution is -2.52. The number of rotatable bonds is 3. The van der Waals surface area contributed by atoms with Crippen molar-refractivity contribution >= 4 is 11.6 Å². The topological polar surface area (TPSA) is 94.2 Å². The molecule has 1 aliphatic carbocycles. The Hall–Kier alpha value is -2.77. The number of carbonyl (C=O) groups is 1. The van der Waals surface area contributed by atoms with Crippen LogP contribution in [0.2, 0.25) is 0 Å². The predicted molar refractivity (Wildman–Crippen MR) is 98.6 cm³/mol. The number of piperidine rings is 1. The Bertz CT molecular complexity index is 865. The average Bonchev–Trinajstić information content (AvgIpc) is 3.18. The molecule has 2 fully saturated rings. The van der Waals surface area contributed by atoms with Crippen LogP contribution in [0, 0.1) is 22.0 Å². The van der Waals surface area contributed by atoms with Crippen molar-refractivity contribution in [2.24, 2.45) is 11.8 Å². The normalized spacial score (nSPS) is 25.1. The van der Waals surface area contributed by atoms with Crippen molar-refractivity contribution in [2.75, 3.05) is 6.54 Å². The molecule has 2 aliphatic rings. The molecule has 27 heavy (non-hydrogen) atoms. The third kappa shape index (κ3) is 3.31. The summed E-state index contributed by atoms with van der Waals surface area (Å²) in [7, 11) is 0. The number of carbonyl (C=O) groups excluding carboxylic acids is 1. The van der Waals surface area contributed by atoms with E-state index in [0.717, 1.165) is 25.8 Å². The van der Waals surface area contributed by atoms with Crippen molar-refractivity contribution in [3.05, 3.63) is 46.3 Å². The van der Waals surface area contributed by atoms with E-state index in [1.165, 1.54) is 29.7 Å². The lowest BCUT2D eigenvalue weighted by molar-refractivity contribution is -0.384. The summed E-state index contributed by atoms with van der Waals surface area (Å²) in [6.45, 7) is 3.05. The van der Waals surface area contributed by atoms with Gasteiger partial charge in [-0.15, -0.1) is 5.10 Å². The zero-order valence-corrected chi connectivity index (χ0v) is 15.3. The van der Waals surface area contributed by atoms with Crippen LogP contribution in [-0.4, -0.2) is 43.3 Å². The molecule has 1 amide bonds. The molecule has 0 spiro atoms. The van der Waals surface area contributed by atoms with Gasteiger partial charge in [0.25, 0.3) is 11.6 Å². The first kappa shape index (κ1) is 17.6. The predicted octanol–water partition coefficient (Wildman–Crippen LogP) is 3.22. The first-order valence-electron chi connectivity index (χ1n) is 9.53. The van der Waals surface area contributed by atoms with Gasteiger partial charge in [0.1, 0.15) is 0 Å². The van der Waals surface area contributed by atoms with Crippen LogP contribution in [0.3, 0.4) is 0 Å². The fourth-order valence-corrected chi connectivity index (χ4v) is 4.55. The summed E-state index contributed by atoms with van der Waals surface area (Å²) >= 11 is 0. The monoisotopic (exact) mass is 369 g/mol. The number of fused-ring (bicyclic) bond motifs is 1. The highest BCUT2D eigenvalue weighted by Crippen LogP contribution is 2.39. The lowest BCUT2D eigenvalue weighted by Gasteiger charge is -2.47. The van der Waals surface area contributed by atoms with E-state index in [1.807, 2.05) is 4.90 Å². The van der Waals surface area contributed by atoms with Gasteiger partial charge in [-0.2, -0.15) is 0 Å². The van der Waals surface area contributed by atoms with Gasteiger partial charge >= 0.3 is 0 Å². The van der Waals surface area contributed by atoms with E-state index in [-0.39, 0.29) is 17.6 Å². The van der Waals surface area contributed by atoms with Gasteiger partial charge < -0.3 is 4.90 Å². The summed E-state index contributed by atoms with van der Waals surface area (Å²) in [5, 5.41) is 19.0. The van der Waals surface area contributed by atoms with Crippen LogP contribution >= 0.6 is 0 Å². The second-order valence-corrected chi connectivity index (χ2v) is 7.61. The standard InChI is InChI=1S/C19H23N5O3/c1-13-9-10-22(18-8-3-2-7-16(13)18)19(25)17-12-23(21-20-17)14-5-4-6-15(11-14)24(26)27/h4-6,11-13,16,18H,2-3,7-10H2,1H3/t13-,16-,18+/m1/s1. The van der Waals surface area contributed by atoms with E-state index in [4.69, 9.17) is 0 Å². The summed E-state index contributed by atoms with van der Waals surface area (Å²) < 4.78 is 1.42. The van der Waals surface area contributed by atoms with E-state index in [1.54, 1.807) is 18.3 Å². The van der Waals surface area contributed by atoms with E-state index in [9.17, 15) is 14.9 Å². The Kier molecular flexibility index (Phi) is 4.63. The molecule has 0 unspecified atom stereocenters. The zero-order chi connectivity index (χ0) is 19.0. The van der Waals surface area contributed by atoms with E-state index in [2.05, 4.69) is 17.2 Å². The minimum absolute atomic E-state index is 0.0223. The highest BCUT2D eigenvalue weighted by molar-refractivity contribution is 5.92. The van der Waals surface area contributed by atoms with Crippen molar-refractivity contribution in [2.45, 2.75) is 45.1 Å². The van der Waals surface area contributed by atoms with Crippen LogP contribution in [0.5, 0.6) is 0 Å². The van der Waals surface area contributed by atoms with Gasteiger partial charge in [-0.25, -0.2) is 4.68 Å². The number of nitro groups is 1. The van der Waals surface area contributed by atoms with Crippen LogP contribution in [0.1, 0.15) is 49.5 Å². The SMILES string of the molecule is C[C@@H]1CCN(C(=O)c2cn(-c3cccc([N+](=O)[O-])c3)nn2)[C@H]2CCCC[C@H]12. The number of aromatic nitrogens is 3. The van der Waals surface area contributed by atoms with Crippen LogP contribution in [0.4, 0.5) is 5.69 Å². The van der Waals surface area contributed by atoms with Gasteiger partial charge in [-0.1, -0.05) is 31.0 Å². The first-order chi connectivity index (χ1) is 13.0.